The van der Waals surface area contributed by atoms with Gasteiger partial charge in [-0.3, -0.25) is 9.48 Å². The average molecular weight is 236 g/mol. The van der Waals surface area contributed by atoms with E-state index in [1.165, 1.54) is 12.8 Å². The van der Waals surface area contributed by atoms with E-state index < -0.39 is 0 Å². The maximum Gasteiger partial charge on any atom is 0.233 e. The van der Waals surface area contributed by atoms with Crippen LogP contribution in [0.2, 0.25) is 0 Å². The molecule has 1 fully saturated rings. The van der Waals surface area contributed by atoms with Crippen molar-refractivity contribution in [1.29, 1.82) is 0 Å². The molecule has 1 aliphatic rings. The van der Waals surface area contributed by atoms with Gasteiger partial charge in [-0.15, -0.1) is 0 Å². The zero-order valence-electron chi connectivity index (χ0n) is 10.5. The average Bonchev–Trinajstić information content (AvgIpc) is 3.08. The third-order valence-corrected chi connectivity index (χ3v) is 3.22. The van der Waals surface area contributed by atoms with Gasteiger partial charge in [0.25, 0.3) is 0 Å². The van der Waals surface area contributed by atoms with Crippen LogP contribution in [0, 0.1) is 12.8 Å². The van der Waals surface area contributed by atoms with Gasteiger partial charge in [-0.05, 0) is 25.7 Å². The first-order valence-corrected chi connectivity index (χ1v) is 6.11. The maximum atomic E-state index is 11.5. The smallest absolute Gasteiger partial charge is 0.233 e. The van der Waals surface area contributed by atoms with Gasteiger partial charge in [-0.25, -0.2) is 0 Å². The van der Waals surface area contributed by atoms with E-state index in [2.05, 4.69) is 15.7 Å². The van der Waals surface area contributed by atoms with Crippen LogP contribution < -0.4 is 10.6 Å². The molecule has 1 aromatic heterocycles. The highest BCUT2D eigenvalue weighted by Gasteiger charge is 2.21. The van der Waals surface area contributed by atoms with Gasteiger partial charge in [0.1, 0.15) is 0 Å². The first kappa shape index (κ1) is 12.1. The van der Waals surface area contributed by atoms with Crippen molar-refractivity contribution in [3.05, 3.63) is 17.5 Å². The monoisotopic (exact) mass is 236 g/mol. The van der Waals surface area contributed by atoms with Crippen LogP contribution in [-0.4, -0.2) is 28.8 Å². The molecular weight excluding hydrogens is 216 g/mol. The van der Waals surface area contributed by atoms with Crippen molar-refractivity contribution < 1.29 is 4.79 Å². The molecule has 0 spiro atoms. The second-order valence-electron chi connectivity index (χ2n) is 4.73. The maximum absolute atomic E-state index is 11.5. The minimum atomic E-state index is 0.0819. The number of rotatable bonds is 6. The Hall–Kier alpha value is -1.36. The van der Waals surface area contributed by atoms with Gasteiger partial charge in [-0.2, -0.15) is 5.10 Å². The largest absolute Gasteiger partial charge is 0.355 e. The first-order chi connectivity index (χ1) is 8.16. The number of hydrogen-bond acceptors (Lipinski definition) is 3. The second kappa shape index (κ2) is 5.31. The standard InChI is InChI=1S/C12H20N4O/c1-9-11(7-15-16(9)2)6-13-8-12(17)14-5-10-3-4-10/h7,10,13H,3-6,8H2,1-2H3,(H,14,17). The normalized spacial score (nSPS) is 14.9. The second-order valence-corrected chi connectivity index (χ2v) is 4.73. The number of aromatic nitrogens is 2. The minimum Gasteiger partial charge on any atom is -0.355 e. The van der Waals surface area contributed by atoms with Crippen molar-refractivity contribution in [2.24, 2.45) is 13.0 Å². The van der Waals surface area contributed by atoms with Crippen LogP contribution in [0.5, 0.6) is 0 Å². The molecule has 0 aliphatic heterocycles. The number of amides is 1. The number of carbonyl (C=O) groups is 1. The fourth-order valence-electron chi connectivity index (χ4n) is 1.67. The summed E-state index contributed by atoms with van der Waals surface area (Å²) in [5, 5.41) is 10.2. The SMILES string of the molecule is Cc1c(CNCC(=O)NCC2CC2)cnn1C. The van der Waals surface area contributed by atoms with Crippen molar-refractivity contribution in [3.8, 4) is 0 Å². The fraction of sp³-hybridized carbons (Fsp3) is 0.667. The number of hydrogen-bond donors (Lipinski definition) is 2. The van der Waals surface area contributed by atoms with Gasteiger partial charge in [0.15, 0.2) is 0 Å². The molecule has 0 aromatic carbocycles. The van der Waals surface area contributed by atoms with Crippen LogP contribution in [0.4, 0.5) is 0 Å². The summed E-state index contributed by atoms with van der Waals surface area (Å²) in [4.78, 5) is 11.5. The highest BCUT2D eigenvalue weighted by Crippen LogP contribution is 2.27. The molecule has 1 heterocycles. The topological polar surface area (TPSA) is 59.0 Å². The summed E-state index contributed by atoms with van der Waals surface area (Å²) >= 11 is 0. The zero-order chi connectivity index (χ0) is 12.3. The molecule has 1 amide bonds. The molecule has 1 aromatic rings. The van der Waals surface area contributed by atoms with Crippen molar-refractivity contribution in [2.45, 2.75) is 26.3 Å². The van der Waals surface area contributed by atoms with Crippen LogP contribution in [0.3, 0.4) is 0 Å². The number of aryl methyl sites for hydroxylation is 1. The Morgan fingerprint density at radius 3 is 2.94 bits per heavy atom. The Morgan fingerprint density at radius 2 is 2.35 bits per heavy atom. The molecular formula is C12H20N4O. The summed E-state index contributed by atoms with van der Waals surface area (Å²) < 4.78 is 1.84. The summed E-state index contributed by atoms with van der Waals surface area (Å²) in [5.74, 6) is 0.818. The van der Waals surface area contributed by atoms with E-state index in [-0.39, 0.29) is 5.91 Å². The summed E-state index contributed by atoms with van der Waals surface area (Å²) in [6.07, 6.45) is 4.37. The van der Waals surface area contributed by atoms with E-state index >= 15 is 0 Å². The highest BCUT2D eigenvalue weighted by molar-refractivity contribution is 5.77. The predicted molar refractivity (Wildman–Crippen MR) is 65.4 cm³/mol. The van der Waals surface area contributed by atoms with E-state index in [0.717, 1.165) is 23.7 Å². The lowest BCUT2D eigenvalue weighted by Gasteiger charge is -2.05. The van der Waals surface area contributed by atoms with Gasteiger partial charge in [0.2, 0.25) is 5.91 Å². The van der Waals surface area contributed by atoms with Gasteiger partial charge in [0, 0.05) is 31.4 Å². The predicted octanol–water partition coefficient (Wildman–Crippen LogP) is 0.344. The molecule has 2 rings (SSSR count). The van der Waals surface area contributed by atoms with Gasteiger partial charge < -0.3 is 10.6 Å². The molecule has 0 atom stereocenters. The Balaban J connectivity index is 1.64. The van der Waals surface area contributed by atoms with Crippen molar-refractivity contribution in [3.63, 3.8) is 0 Å². The lowest BCUT2D eigenvalue weighted by molar-refractivity contribution is -0.120. The van der Waals surface area contributed by atoms with Crippen molar-refractivity contribution in [2.75, 3.05) is 13.1 Å². The molecule has 5 nitrogen and oxygen atoms in total. The van der Waals surface area contributed by atoms with E-state index in [4.69, 9.17) is 0 Å². The molecule has 0 saturated heterocycles. The molecule has 0 unspecified atom stereocenters. The molecule has 1 saturated carbocycles. The third-order valence-electron chi connectivity index (χ3n) is 3.22. The lowest BCUT2D eigenvalue weighted by Crippen LogP contribution is -2.34. The fourth-order valence-corrected chi connectivity index (χ4v) is 1.67. The Bertz CT molecular complexity index is 395. The van der Waals surface area contributed by atoms with E-state index in [9.17, 15) is 4.79 Å². The van der Waals surface area contributed by atoms with Gasteiger partial charge in [-0.1, -0.05) is 0 Å². The number of nitrogens with zero attached hydrogens (tertiary/aromatic N) is 2. The highest BCUT2D eigenvalue weighted by atomic mass is 16.1. The summed E-state index contributed by atoms with van der Waals surface area (Å²) in [5.41, 5.74) is 2.28. The van der Waals surface area contributed by atoms with Crippen molar-refractivity contribution in [1.82, 2.24) is 20.4 Å². The van der Waals surface area contributed by atoms with Crippen LogP contribution in [0.25, 0.3) is 0 Å². The molecule has 0 radical (unpaired) electrons. The van der Waals surface area contributed by atoms with Gasteiger partial charge in [0.05, 0.1) is 12.7 Å². The molecule has 5 heteroatoms. The summed E-state index contributed by atoms with van der Waals surface area (Å²) in [6, 6.07) is 0. The quantitative estimate of drug-likeness (QED) is 0.749. The molecule has 94 valence electrons. The van der Waals surface area contributed by atoms with E-state index in [1.54, 1.807) is 0 Å². The molecule has 1 aliphatic carbocycles. The molecule has 17 heavy (non-hydrogen) atoms. The van der Waals surface area contributed by atoms with E-state index in [1.807, 2.05) is 24.9 Å². The number of nitrogens with one attached hydrogen (secondary N) is 2. The van der Waals surface area contributed by atoms with Crippen LogP contribution in [0.15, 0.2) is 6.20 Å². The summed E-state index contributed by atoms with van der Waals surface area (Å²) in [6.45, 7) is 3.93. The minimum absolute atomic E-state index is 0.0819. The van der Waals surface area contributed by atoms with Crippen molar-refractivity contribution >= 4 is 5.91 Å². The Labute approximate surface area is 102 Å². The Kier molecular flexibility index (Phi) is 3.78. The zero-order valence-corrected chi connectivity index (χ0v) is 10.5. The van der Waals surface area contributed by atoms with Crippen LogP contribution in [-0.2, 0) is 18.4 Å². The lowest BCUT2D eigenvalue weighted by atomic mass is 10.2. The Morgan fingerprint density at radius 1 is 1.59 bits per heavy atom. The van der Waals surface area contributed by atoms with Crippen LogP contribution in [0.1, 0.15) is 24.1 Å². The van der Waals surface area contributed by atoms with E-state index in [0.29, 0.717) is 13.1 Å². The van der Waals surface area contributed by atoms with Crippen LogP contribution >= 0.6 is 0 Å². The first-order valence-electron chi connectivity index (χ1n) is 6.11. The molecule has 2 N–H and O–H groups in total. The van der Waals surface area contributed by atoms with Gasteiger partial charge >= 0.3 is 0 Å². The number of carbonyl (C=O) groups excluding carboxylic acids is 1. The molecule has 0 bridgehead atoms. The summed E-state index contributed by atoms with van der Waals surface area (Å²) in [7, 11) is 1.92. The third kappa shape index (κ3) is 3.56.